The van der Waals surface area contributed by atoms with Crippen molar-refractivity contribution in [2.24, 2.45) is 0 Å². The van der Waals surface area contributed by atoms with Crippen molar-refractivity contribution in [2.75, 3.05) is 5.32 Å². The first-order valence-corrected chi connectivity index (χ1v) is 10.2. The molecule has 1 aliphatic carbocycles. The summed E-state index contributed by atoms with van der Waals surface area (Å²) in [7, 11) is 0. The number of rotatable bonds is 4. The molecule has 1 aromatic heterocycles. The molecular formula is C23H20F5N3O. The van der Waals surface area contributed by atoms with E-state index in [2.05, 4.69) is 15.6 Å². The average molecular weight is 449 g/mol. The summed E-state index contributed by atoms with van der Waals surface area (Å²) in [6.45, 7) is 0. The number of carbonyl (C=O) groups excluding carboxylic acids is 1. The van der Waals surface area contributed by atoms with E-state index >= 15 is 0 Å². The Kier molecular flexibility index (Phi) is 5.99. The number of fused-ring (bicyclic) bond motifs is 1. The Labute approximate surface area is 180 Å². The number of carbonyl (C=O) groups is 1. The molecule has 9 heteroatoms. The number of pyridine rings is 1. The van der Waals surface area contributed by atoms with Gasteiger partial charge in [0.25, 0.3) is 5.91 Å². The Bertz CT molecular complexity index is 1120. The summed E-state index contributed by atoms with van der Waals surface area (Å²) in [6.07, 6.45) is -2.17. The maximum atomic E-state index is 13.3. The predicted octanol–water partition coefficient (Wildman–Crippen LogP) is 5.68. The van der Waals surface area contributed by atoms with Crippen molar-refractivity contribution < 1.29 is 26.7 Å². The number of benzene rings is 2. The lowest BCUT2D eigenvalue weighted by atomic mass is 9.90. The summed E-state index contributed by atoms with van der Waals surface area (Å²) in [5.41, 5.74) is -0.425. The zero-order valence-corrected chi connectivity index (χ0v) is 16.8. The van der Waals surface area contributed by atoms with Crippen LogP contribution in [-0.2, 0) is 6.18 Å². The van der Waals surface area contributed by atoms with Gasteiger partial charge in [-0.15, -0.1) is 0 Å². The Morgan fingerprint density at radius 2 is 1.53 bits per heavy atom. The Morgan fingerprint density at radius 1 is 0.906 bits per heavy atom. The van der Waals surface area contributed by atoms with Crippen LogP contribution in [0.1, 0.15) is 41.7 Å². The first kappa shape index (κ1) is 22.0. The smallest absolute Gasteiger partial charge is 0.382 e. The molecule has 2 aromatic carbocycles. The summed E-state index contributed by atoms with van der Waals surface area (Å²) in [4.78, 5) is 16.0. The van der Waals surface area contributed by atoms with Gasteiger partial charge in [-0.2, -0.15) is 13.2 Å². The highest BCUT2D eigenvalue weighted by Crippen LogP contribution is 2.34. The lowest BCUT2D eigenvalue weighted by Crippen LogP contribution is -2.40. The van der Waals surface area contributed by atoms with Crippen molar-refractivity contribution in [3.05, 3.63) is 71.4 Å². The van der Waals surface area contributed by atoms with Gasteiger partial charge in [0.1, 0.15) is 17.3 Å². The fourth-order valence-electron chi connectivity index (χ4n) is 4.00. The van der Waals surface area contributed by atoms with Crippen molar-refractivity contribution in [3.8, 4) is 0 Å². The van der Waals surface area contributed by atoms with Gasteiger partial charge >= 0.3 is 6.18 Å². The van der Waals surface area contributed by atoms with Crippen LogP contribution < -0.4 is 10.6 Å². The lowest BCUT2D eigenvalue weighted by Gasteiger charge is -2.30. The molecule has 0 bridgehead atoms. The molecule has 1 amide bonds. The van der Waals surface area contributed by atoms with E-state index in [1.807, 2.05) is 0 Å². The van der Waals surface area contributed by atoms with Crippen LogP contribution in [0.4, 0.5) is 27.6 Å². The third-order valence-electron chi connectivity index (χ3n) is 5.55. The quantitative estimate of drug-likeness (QED) is 0.504. The normalized spacial score (nSPS) is 19.0. The van der Waals surface area contributed by atoms with Gasteiger partial charge in [-0.25, -0.2) is 13.8 Å². The number of nitrogens with zero attached hydrogens (tertiary/aromatic N) is 1. The molecule has 0 atom stereocenters. The second-order valence-electron chi connectivity index (χ2n) is 7.89. The molecule has 1 heterocycles. The number of halogens is 5. The molecule has 1 fully saturated rings. The molecule has 0 unspecified atom stereocenters. The van der Waals surface area contributed by atoms with E-state index in [1.165, 1.54) is 6.07 Å². The number of hydrogen-bond donors (Lipinski definition) is 2. The molecule has 3 aromatic rings. The van der Waals surface area contributed by atoms with E-state index in [0.717, 1.165) is 18.2 Å². The van der Waals surface area contributed by atoms with Gasteiger partial charge in [0, 0.05) is 34.8 Å². The monoisotopic (exact) mass is 449 g/mol. The minimum absolute atomic E-state index is 0.0818. The van der Waals surface area contributed by atoms with E-state index in [1.54, 1.807) is 18.2 Å². The summed E-state index contributed by atoms with van der Waals surface area (Å²) >= 11 is 0. The van der Waals surface area contributed by atoms with Crippen molar-refractivity contribution in [2.45, 2.75) is 43.9 Å². The van der Waals surface area contributed by atoms with Crippen molar-refractivity contribution in [3.63, 3.8) is 0 Å². The van der Waals surface area contributed by atoms with Crippen LogP contribution in [0.15, 0.2) is 48.5 Å². The SMILES string of the molecule is O=C(NC1CCC(Nc2cc(C(F)(F)F)nc3ccccc23)CC1)c1cc(F)cc(F)c1. The largest absolute Gasteiger partial charge is 0.433 e. The van der Waals surface area contributed by atoms with Crippen LogP contribution in [0.5, 0.6) is 0 Å². The molecule has 0 spiro atoms. The summed E-state index contributed by atoms with van der Waals surface area (Å²) in [5.74, 6) is -2.22. The zero-order chi connectivity index (χ0) is 22.9. The van der Waals surface area contributed by atoms with Gasteiger partial charge in [-0.05, 0) is 49.9 Å². The molecule has 1 saturated carbocycles. The number of hydrogen-bond acceptors (Lipinski definition) is 3. The molecule has 0 saturated heterocycles. The molecule has 32 heavy (non-hydrogen) atoms. The lowest BCUT2D eigenvalue weighted by molar-refractivity contribution is -0.140. The molecular weight excluding hydrogens is 429 g/mol. The summed E-state index contributed by atoms with van der Waals surface area (Å²) < 4.78 is 66.4. The fourth-order valence-corrected chi connectivity index (χ4v) is 4.00. The fraction of sp³-hybridized carbons (Fsp3) is 0.304. The van der Waals surface area contributed by atoms with Gasteiger partial charge < -0.3 is 10.6 Å². The number of aromatic nitrogens is 1. The molecule has 4 rings (SSSR count). The minimum atomic E-state index is -4.56. The van der Waals surface area contributed by atoms with Crippen LogP contribution in [0.2, 0.25) is 0 Å². The topological polar surface area (TPSA) is 54.0 Å². The highest BCUT2D eigenvalue weighted by Gasteiger charge is 2.34. The van der Waals surface area contributed by atoms with E-state index in [-0.39, 0.29) is 23.2 Å². The van der Waals surface area contributed by atoms with Crippen molar-refractivity contribution >= 4 is 22.5 Å². The molecule has 0 aliphatic heterocycles. The third-order valence-corrected chi connectivity index (χ3v) is 5.55. The maximum absolute atomic E-state index is 13.3. The van der Waals surface area contributed by atoms with Crippen LogP contribution in [-0.4, -0.2) is 23.0 Å². The summed E-state index contributed by atoms with van der Waals surface area (Å²) in [5, 5.41) is 6.58. The van der Waals surface area contributed by atoms with Gasteiger partial charge in [0.15, 0.2) is 0 Å². The first-order valence-electron chi connectivity index (χ1n) is 10.2. The van der Waals surface area contributed by atoms with Crippen LogP contribution in [0.3, 0.4) is 0 Å². The molecule has 4 nitrogen and oxygen atoms in total. The van der Waals surface area contributed by atoms with Crippen molar-refractivity contribution in [1.82, 2.24) is 10.3 Å². The Hall–Kier alpha value is -3.23. The number of amides is 1. The molecule has 0 radical (unpaired) electrons. The van der Waals surface area contributed by atoms with E-state index in [9.17, 15) is 26.7 Å². The minimum Gasteiger partial charge on any atom is -0.382 e. The van der Waals surface area contributed by atoms with Gasteiger partial charge in [-0.3, -0.25) is 4.79 Å². The van der Waals surface area contributed by atoms with Crippen LogP contribution in [0, 0.1) is 11.6 Å². The molecule has 2 N–H and O–H groups in total. The highest BCUT2D eigenvalue weighted by molar-refractivity contribution is 5.94. The van der Waals surface area contributed by atoms with Crippen LogP contribution in [0.25, 0.3) is 10.9 Å². The van der Waals surface area contributed by atoms with Crippen molar-refractivity contribution in [1.29, 1.82) is 0 Å². The molecule has 168 valence electrons. The number of para-hydroxylation sites is 1. The van der Waals surface area contributed by atoms with E-state index in [4.69, 9.17) is 0 Å². The maximum Gasteiger partial charge on any atom is 0.433 e. The number of anilines is 1. The first-order chi connectivity index (χ1) is 15.2. The highest BCUT2D eigenvalue weighted by atomic mass is 19.4. The van der Waals surface area contributed by atoms with Gasteiger partial charge in [0.05, 0.1) is 5.52 Å². The number of alkyl halides is 3. The molecule has 1 aliphatic rings. The second kappa shape index (κ2) is 8.72. The van der Waals surface area contributed by atoms with E-state index < -0.39 is 29.4 Å². The average Bonchev–Trinajstić information content (AvgIpc) is 2.73. The van der Waals surface area contributed by atoms with Crippen LogP contribution >= 0.6 is 0 Å². The summed E-state index contributed by atoms with van der Waals surface area (Å²) in [6, 6.07) is 10.0. The van der Waals surface area contributed by atoms with Gasteiger partial charge in [-0.1, -0.05) is 18.2 Å². The third kappa shape index (κ3) is 4.98. The second-order valence-corrected chi connectivity index (χ2v) is 7.89. The Balaban J connectivity index is 1.42. The zero-order valence-electron chi connectivity index (χ0n) is 16.8. The Morgan fingerprint density at radius 3 is 2.19 bits per heavy atom. The standard InChI is InChI=1S/C23H20F5N3O/c24-14-9-13(10-15(25)11-14)22(32)30-17-7-5-16(6-8-17)29-20-12-21(23(26,27)28)31-19-4-2-1-3-18(19)20/h1-4,9-12,16-17H,5-8H2,(H,29,31)(H,30,32). The predicted molar refractivity (Wildman–Crippen MR) is 110 cm³/mol. The number of nitrogens with one attached hydrogen (secondary N) is 2. The van der Waals surface area contributed by atoms with Gasteiger partial charge in [0.2, 0.25) is 0 Å². The van der Waals surface area contributed by atoms with E-state index in [0.29, 0.717) is 42.8 Å².